The van der Waals surface area contributed by atoms with Gasteiger partial charge in [0.15, 0.2) is 0 Å². The molecule has 0 fully saturated rings. The van der Waals surface area contributed by atoms with Crippen molar-refractivity contribution in [2.24, 2.45) is 0 Å². The second-order valence-corrected chi connectivity index (χ2v) is 9.40. The lowest BCUT2D eigenvalue weighted by Crippen LogP contribution is -2.26. The standard InChI is InChI=1S/C25H28N2O4S/c1-3-4-16-27(18-20-8-6-5-7-9-20)24-15-12-21(17-23(24)25(28)29)26-32(30,31)22-13-10-19(2)11-14-22/h5-15,17,26H,3-4,16,18H2,1-2H3,(H,28,29). The zero-order valence-corrected chi connectivity index (χ0v) is 19.1. The molecule has 0 radical (unpaired) electrons. The van der Waals surface area contributed by atoms with E-state index in [1.165, 1.54) is 18.2 Å². The van der Waals surface area contributed by atoms with Crippen molar-refractivity contribution in [2.45, 2.75) is 38.1 Å². The average Bonchev–Trinajstić information content (AvgIpc) is 2.77. The molecule has 0 atom stereocenters. The van der Waals surface area contributed by atoms with E-state index in [2.05, 4.69) is 11.6 Å². The number of nitrogens with one attached hydrogen (secondary N) is 1. The summed E-state index contributed by atoms with van der Waals surface area (Å²) in [6.45, 7) is 5.22. The summed E-state index contributed by atoms with van der Waals surface area (Å²) >= 11 is 0. The number of carbonyl (C=O) groups is 1. The van der Waals surface area contributed by atoms with Crippen LogP contribution in [0.5, 0.6) is 0 Å². The summed E-state index contributed by atoms with van der Waals surface area (Å²) in [5.74, 6) is -1.11. The molecule has 3 aromatic carbocycles. The lowest BCUT2D eigenvalue weighted by molar-refractivity contribution is 0.0697. The molecule has 0 unspecified atom stereocenters. The highest BCUT2D eigenvalue weighted by molar-refractivity contribution is 7.92. The Morgan fingerprint density at radius 1 is 1.00 bits per heavy atom. The molecule has 6 nitrogen and oxygen atoms in total. The molecule has 2 N–H and O–H groups in total. The first-order valence-corrected chi connectivity index (χ1v) is 12.0. The Hall–Kier alpha value is -3.32. The van der Waals surface area contributed by atoms with Crippen LogP contribution in [-0.2, 0) is 16.6 Å². The number of anilines is 2. The summed E-state index contributed by atoms with van der Waals surface area (Å²) in [4.78, 5) is 14.2. The molecule has 168 valence electrons. The van der Waals surface area contributed by atoms with Crippen molar-refractivity contribution in [2.75, 3.05) is 16.2 Å². The molecule has 0 aliphatic rings. The number of carboxylic acid groups (broad SMARTS) is 1. The van der Waals surface area contributed by atoms with Gasteiger partial charge >= 0.3 is 5.97 Å². The third kappa shape index (κ3) is 5.88. The maximum Gasteiger partial charge on any atom is 0.337 e. The highest BCUT2D eigenvalue weighted by Crippen LogP contribution is 2.28. The van der Waals surface area contributed by atoms with Crippen LogP contribution in [0.4, 0.5) is 11.4 Å². The van der Waals surface area contributed by atoms with Gasteiger partial charge in [-0.05, 0) is 49.2 Å². The summed E-state index contributed by atoms with van der Waals surface area (Å²) in [6.07, 6.45) is 1.88. The second-order valence-electron chi connectivity index (χ2n) is 7.72. The summed E-state index contributed by atoms with van der Waals surface area (Å²) in [6, 6.07) is 21.0. The van der Waals surface area contributed by atoms with E-state index >= 15 is 0 Å². The zero-order chi connectivity index (χ0) is 23.1. The van der Waals surface area contributed by atoms with Crippen molar-refractivity contribution < 1.29 is 18.3 Å². The monoisotopic (exact) mass is 452 g/mol. The number of aryl methyl sites for hydroxylation is 1. The Morgan fingerprint density at radius 3 is 2.31 bits per heavy atom. The fourth-order valence-electron chi connectivity index (χ4n) is 3.42. The predicted molar refractivity (Wildman–Crippen MR) is 128 cm³/mol. The SMILES string of the molecule is CCCCN(Cc1ccccc1)c1ccc(NS(=O)(=O)c2ccc(C)cc2)cc1C(=O)O. The number of hydrogen-bond donors (Lipinski definition) is 2. The third-order valence-electron chi connectivity index (χ3n) is 5.15. The maximum atomic E-state index is 12.7. The minimum atomic E-state index is -3.82. The molecule has 0 spiro atoms. The molecule has 0 bridgehead atoms. The Morgan fingerprint density at radius 2 is 1.69 bits per heavy atom. The number of aromatic carboxylic acids is 1. The largest absolute Gasteiger partial charge is 0.478 e. The van der Waals surface area contributed by atoms with E-state index in [0.29, 0.717) is 18.8 Å². The number of hydrogen-bond acceptors (Lipinski definition) is 4. The van der Waals surface area contributed by atoms with E-state index in [1.54, 1.807) is 24.3 Å². The van der Waals surface area contributed by atoms with Crippen LogP contribution in [-0.4, -0.2) is 26.0 Å². The molecule has 0 amide bonds. The molecule has 3 rings (SSSR count). The Labute approximate surface area is 189 Å². The van der Waals surface area contributed by atoms with Crippen LogP contribution < -0.4 is 9.62 Å². The quantitative estimate of drug-likeness (QED) is 0.436. The molecule has 3 aromatic rings. The number of nitrogens with zero attached hydrogens (tertiary/aromatic N) is 1. The minimum Gasteiger partial charge on any atom is -0.478 e. The Bertz CT molecular complexity index is 1160. The highest BCUT2D eigenvalue weighted by Gasteiger charge is 2.20. The van der Waals surface area contributed by atoms with Gasteiger partial charge in [-0.2, -0.15) is 0 Å². The first-order chi connectivity index (χ1) is 15.3. The van der Waals surface area contributed by atoms with Gasteiger partial charge in [0.1, 0.15) is 0 Å². The molecule has 0 saturated heterocycles. The summed E-state index contributed by atoms with van der Waals surface area (Å²) < 4.78 is 28.0. The van der Waals surface area contributed by atoms with Gasteiger partial charge in [-0.15, -0.1) is 0 Å². The number of carboxylic acids is 1. The van der Waals surface area contributed by atoms with Crippen LogP contribution in [0.15, 0.2) is 77.7 Å². The van der Waals surface area contributed by atoms with Crippen LogP contribution in [0.2, 0.25) is 0 Å². The van der Waals surface area contributed by atoms with Gasteiger partial charge in [0.25, 0.3) is 10.0 Å². The highest BCUT2D eigenvalue weighted by atomic mass is 32.2. The first-order valence-electron chi connectivity index (χ1n) is 10.6. The maximum absolute atomic E-state index is 12.7. The first kappa shape index (κ1) is 23.3. The molecule has 32 heavy (non-hydrogen) atoms. The van der Waals surface area contributed by atoms with Crippen molar-refractivity contribution in [3.05, 3.63) is 89.5 Å². The summed E-state index contributed by atoms with van der Waals surface area (Å²) in [5, 5.41) is 9.87. The number of sulfonamides is 1. The smallest absolute Gasteiger partial charge is 0.337 e. The lowest BCUT2D eigenvalue weighted by Gasteiger charge is -2.27. The van der Waals surface area contributed by atoms with E-state index in [-0.39, 0.29) is 16.1 Å². The van der Waals surface area contributed by atoms with E-state index < -0.39 is 16.0 Å². The average molecular weight is 453 g/mol. The van der Waals surface area contributed by atoms with Gasteiger partial charge in [0.05, 0.1) is 16.1 Å². The zero-order valence-electron chi connectivity index (χ0n) is 18.3. The summed E-state index contributed by atoms with van der Waals surface area (Å²) in [7, 11) is -3.82. The van der Waals surface area contributed by atoms with E-state index in [1.807, 2.05) is 42.2 Å². The fourth-order valence-corrected chi connectivity index (χ4v) is 4.47. The van der Waals surface area contributed by atoms with Crippen molar-refractivity contribution >= 4 is 27.4 Å². The predicted octanol–water partition coefficient (Wildman–Crippen LogP) is 5.30. The van der Waals surface area contributed by atoms with Crippen molar-refractivity contribution in [3.8, 4) is 0 Å². The van der Waals surface area contributed by atoms with Crippen molar-refractivity contribution in [3.63, 3.8) is 0 Å². The molecule has 0 heterocycles. The molecule has 0 aromatic heterocycles. The van der Waals surface area contributed by atoms with Crippen LogP contribution in [0.3, 0.4) is 0 Å². The van der Waals surface area contributed by atoms with E-state index in [0.717, 1.165) is 24.0 Å². The normalized spacial score (nSPS) is 11.2. The molecule has 0 aliphatic carbocycles. The van der Waals surface area contributed by atoms with E-state index in [9.17, 15) is 18.3 Å². The molecule has 7 heteroatoms. The second kappa shape index (κ2) is 10.3. The van der Waals surface area contributed by atoms with Gasteiger partial charge in [-0.1, -0.05) is 61.4 Å². The van der Waals surface area contributed by atoms with E-state index in [4.69, 9.17) is 0 Å². The van der Waals surface area contributed by atoms with Gasteiger partial charge in [0, 0.05) is 18.8 Å². The number of rotatable bonds is 10. The van der Waals surface area contributed by atoms with Gasteiger partial charge < -0.3 is 10.0 Å². The van der Waals surface area contributed by atoms with Gasteiger partial charge in [-0.25, -0.2) is 13.2 Å². The van der Waals surface area contributed by atoms with Crippen LogP contribution >= 0.6 is 0 Å². The Balaban J connectivity index is 1.93. The van der Waals surface area contributed by atoms with Crippen LogP contribution in [0.1, 0.15) is 41.3 Å². The lowest BCUT2D eigenvalue weighted by atomic mass is 10.1. The third-order valence-corrected chi connectivity index (χ3v) is 6.55. The molecular formula is C25H28N2O4S. The van der Waals surface area contributed by atoms with Gasteiger partial charge in [-0.3, -0.25) is 4.72 Å². The minimum absolute atomic E-state index is 0.0566. The number of unbranched alkanes of at least 4 members (excludes halogenated alkanes) is 1. The van der Waals surface area contributed by atoms with Gasteiger partial charge in [0.2, 0.25) is 0 Å². The van der Waals surface area contributed by atoms with Crippen molar-refractivity contribution in [1.82, 2.24) is 0 Å². The fraction of sp³-hybridized carbons (Fsp3) is 0.240. The molecule has 0 aliphatic heterocycles. The van der Waals surface area contributed by atoms with Crippen molar-refractivity contribution in [1.29, 1.82) is 0 Å². The summed E-state index contributed by atoms with van der Waals surface area (Å²) in [5.41, 5.74) is 2.85. The molecule has 0 saturated carbocycles. The Kier molecular flexibility index (Phi) is 7.53. The van der Waals surface area contributed by atoms with Crippen LogP contribution in [0, 0.1) is 6.92 Å². The topological polar surface area (TPSA) is 86.7 Å². The van der Waals surface area contributed by atoms with Crippen LogP contribution in [0.25, 0.3) is 0 Å². The number of benzene rings is 3. The molecular weight excluding hydrogens is 424 g/mol.